The number of methoxy groups -OCH3 is 1. The van der Waals surface area contributed by atoms with Crippen molar-refractivity contribution in [3.8, 4) is 6.07 Å². The van der Waals surface area contributed by atoms with Crippen LogP contribution in [-0.4, -0.2) is 25.2 Å². The molecule has 2 fully saturated rings. The molecule has 0 saturated heterocycles. The lowest BCUT2D eigenvalue weighted by Crippen LogP contribution is -2.49. The SMILES string of the molecule is COC1CCCCCC1NC(=O)C1(C#N)CCCC1. The molecule has 0 aromatic carbocycles. The van der Waals surface area contributed by atoms with E-state index >= 15 is 0 Å². The van der Waals surface area contributed by atoms with Crippen LogP contribution in [0.25, 0.3) is 0 Å². The lowest BCUT2D eigenvalue weighted by Gasteiger charge is -2.28. The largest absolute Gasteiger partial charge is 0.379 e. The van der Waals surface area contributed by atoms with Gasteiger partial charge in [0.15, 0.2) is 0 Å². The van der Waals surface area contributed by atoms with Gasteiger partial charge in [-0.05, 0) is 25.7 Å². The fraction of sp³-hybridized carbons (Fsp3) is 0.867. The van der Waals surface area contributed by atoms with Gasteiger partial charge in [-0.1, -0.05) is 32.1 Å². The number of ether oxygens (including phenoxy) is 1. The normalized spacial score (nSPS) is 30.3. The van der Waals surface area contributed by atoms with E-state index in [9.17, 15) is 10.1 Å². The molecule has 2 aliphatic carbocycles. The lowest BCUT2D eigenvalue weighted by atomic mass is 9.86. The molecule has 0 bridgehead atoms. The van der Waals surface area contributed by atoms with Crippen LogP contribution in [0, 0.1) is 16.7 Å². The summed E-state index contributed by atoms with van der Waals surface area (Å²) in [6.45, 7) is 0. The molecule has 0 aliphatic heterocycles. The minimum Gasteiger partial charge on any atom is -0.379 e. The van der Waals surface area contributed by atoms with Crippen LogP contribution in [0.5, 0.6) is 0 Å². The highest BCUT2D eigenvalue weighted by atomic mass is 16.5. The van der Waals surface area contributed by atoms with Crippen LogP contribution in [0.3, 0.4) is 0 Å². The Labute approximate surface area is 115 Å². The second kappa shape index (κ2) is 6.38. The van der Waals surface area contributed by atoms with E-state index < -0.39 is 5.41 Å². The zero-order valence-corrected chi connectivity index (χ0v) is 11.8. The third-order valence-corrected chi connectivity index (χ3v) is 4.68. The van der Waals surface area contributed by atoms with Gasteiger partial charge in [0.25, 0.3) is 0 Å². The summed E-state index contributed by atoms with van der Waals surface area (Å²) in [5.41, 5.74) is -0.773. The van der Waals surface area contributed by atoms with E-state index in [1.165, 1.54) is 6.42 Å². The molecule has 0 radical (unpaired) electrons. The third-order valence-electron chi connectivity index (χ3n) is 4.68. The van der Waals surface area contributed by atoms with Crippen molar-refractivity contribution in [1.82, 2.24) is 5.32 Å². The van der Waals surface area contributed by atoms with Crippen molar-refractivity contribution >= 4 is 5.91 Å². The molecule has 106 valence electrons. The predicted molar refractivity (Wildman–Crippen MR) is 72.3 cm³/mol. The van der Waals surface area contributed by atoms with Gasteiger partial charge in [0.2, 0.25) is 5.91 Å². The van der Waals surface area contributed by atoms with Crippen LogP contribution < -0.4 is 5.32 Å². The number of nitrogens with zero attached hydrogens (tertiary/aromatic N) is 1. The molecule has 0 aromatic rings. The smallest absolute Gasteiger partial charge is 0.240 e. The Morgan fingerprint density at radius 2 is 1.89 bits per heavy atom. The summed E-state index contributed by atoms with van der Waals surface area (Å²) in [6.07, 6.45) is 8.95. The second-order valence-electron chi connectivity index (χ2n) is 5.89. The summed E-state index contributed by atoms with van der Waals surface area (Å²) >= 11 is 0. The van der Waals surface area contributed by atoms with Crippen molar-refractivity contribution in [3.05, 3.63) is 0 Å². The van der Waals surface area contributed by atoms with Gasteiger partial charge in [-0.15, -0.1) is 0 Å². The Morgan fingerprint density at radius 1 is 1.21 bits per heavy atom. The van der Waals surface area contributed by atoms with Gasteiger partial charge in [0.05, 0.1) is 18.2 Å². The summed E-state index contributed by atoms with van der Waals surface area (Å²) in [6, 6.07) is 2.34. The maximum atomic E-state index is 12.5. The lowest BCUT2D eigenvalue weighted by molar-refractivity contribution is -0.129. The first-order valence-corrected chi connectivity index (χ1v) is 7.47. The summed E-state index contributed by atoms with van der Waals surface area (Å²) in [5, 5.41) is 12.5. The van der Waals surface area contributed by atoms with E-state index in [1.54, 1.807) is 7.11 Å². The van der Waals surface area contributed by atoms with Crippen molar-refractivity contribution < 1.29 is 9.53 Å². The van der Waals surface area contributed by atoms with Gasteiger partial charge < -0.3 is 10.1 Å². The van der Waals surface area contributed by atoms with Crippen LogP contribution in [0.4, 0.5) is 0 Å². The molecular formula is C15H24N2O2. The average Bonchev–Trinajstić information content (AvgIpc) is 2.81. The van der Waals surface area contributed by atoms with Crippen LogP contribution in [-0.2, 0) is 9.53 Å². The fourth-order valence-corrected chi connectivity index (χ4v) is 3.40. The van der Waals surface area contributed by atoms with E-state index in [-0.39, 0.29) is 18.1 Å². The zero-order chi connectivity index (χ0) is 13.7. The third kappa shape index (κ3) is 3.09. The first kappa shape index (κ1) is 14.3. The van der Waals surface area contributed by atoms with Gasteiger partial charge in [0, 0.05) is 7.11 Å². The number of rotatable bonds is 3. The molecule has 1 amide bonds. The molecule has 2 saturated carbocycles. The molecular weight excluding hydrogens is 240 g/mol. The first-order valence-electron chi connectivity index (χ1n) is 7.47. The summed E-state index contributed by atoms with van der Waals surface area (Å²) in [5.74, 6) is -0.0681. The monoisotopic (exact) mass is 264 g/mol. The molecule has 2 rings (SSSR count). The van der Waals surface area contributed by atoms with Crippen LogP contribution in [0.1, 0.15) is 57.8 Å². The molecule has 0 aromatic heterocycles. The van der Waals surface area contributed by atoms with E-state index in [1.807, 2.05) is 0 Å². The van der Waals surface area contributed by atoms with Gasteiger partial charge in [-0.2, -0.15) is 5.26 Å². The molecule has 2 aliphatic rings. The Morgan fingerprint density at radius 3 is 2.53 bits per heavy atom. The van der Waals surface area contributed by atoms with Gasteiger partial charge in [-0.3, -0.25) is 4.79 Å². The van der Waals surface area contributed by atoms with Crippen molar-refractivity contribution in [2.24, 2.45) is 5.41 Å². The molecule has 4 nitrogen and oxygen atoms in total. The zero-order valence-electron chi connectivity index (χ0n) is 11.8. The highest BCUT2D eigenvalue weighted by molar-refractivity contribution is 5.86. The Balaban J connectivity index is 2.02. The number of amides is 1. The summed E-state index contributed by atoms with van der Waals surface area (Å²) < 4.78 is 5.52. The van der Waals surface area contributed by atoms with Crippen LogP contribution >= 0.6 is 0 Å². The van der Waals surface area contributed by atoms with Crippen LogP contribution in [0.15, 0.2) is 0 Å². The maximum Gasteiger partial charge on any atom is 0.240 e. The van der Waals surface area contributed by atoms with Crippen molar-refractivity contribution in [3.63, 3.8) is 0 Å². The topological polar surface area (TPSA) is 62.1 Å². The number of nitriles is 1. The fourth-order valence-electron chi connectivity index (χ4n) is 3.40. The Bertz CT molecular complexity index is 356. The highest BCUT2D eigenvalue weighted by Crippen LogP contribution is 2.38. The molecule has 1 N–H and O–H groups in total. The highest BCUT2D eigenvalue weighted by Gasteiger charge is 2.42. The summed E-state index contributed by atoms with van der Waals surface area (Å²) in [7, 11) is 1.71. The molecule has 19 heavy (non-hydrogen) atoms. The van der Waals surface area contributed by atoms with Crippen LogP contribution in [0.2, 0.25) is 0 Å². The number of nitrogens with one attached hydrogen (secondary N) is 1. The molecule has 0 heterocycles. The van der Waals surface area contributed by atoms with E-state index in [4.69, 9.17) is 4.74 Å². The maximum absolute atomic E-state index is 12.5. The number of carbonyl (C=O) groups excluding carboxylic acids is 1. The minimum absolute atomic E-state index is 0.0681. The van der Waals surface area contributed by atoms with Crippen molar-refractivity contribution in [2.45, 2.75) is 69.9 Å². The van der Waals surface area contributed by atoms with Gasteiger partial charge in [-0.25, -0.2) is 0 Å². The van der Waals surface area contributed by atoms with Gasteiger partial charge >= 0.3 is 0 Å². The molecule has 0 spiro atoms. The van der Waals surface area contributed by atoms with Crippen molar-refractivity contribution in [2.75, 3.05) is 7.11 Å². The van der Waals surface area contributed by atoms with Gasteiger partial charge in [0.1, 0.15) is 5.41 Å². The number of carbonyl (C=O) groups is 1. The van der Waals surface area contributed by atoms with E-state index in [2.05, 4.69) is 11.4 Å². The van der Waals surface area contributed by atoms with E-state index in [0.29, 0.717) is 12.8 Å². The minimum atomic E-state index is -0.773. The standard InChI is InChI=1S/C15H24N2O2/c1-19-13-8-4-2-3-7-12(13)17-14(18)15(11-16)9-5-6-10-15/h12-13H,2-10H2,1H3,(H,17,18). The molecule has 2 unspecified atom stereocenters. The van der Waals surface area contributed by atoms with Crippen molar-refractivity contribution in [1.29, 1.82) is 5.26 Å². The summed E-state index contributed by atoms with van der Waals surface area (Å²) in [4.78, 5) is 12.5. The number of hydrogen-bond donors (Lipinski definition) is 1. The molecule has 4 heteroatoms. The molecule has 2 atom stereocenters. The Kier molecular flexibility index (Phi) is 4.81. The average molecular weight is 264 g/mol. The first-order chi connectivity index (χ1) is 9.22. The predicted octanol–water partition coefficient (Wildman–Crippen LogP) is 2.53. The quantitative estimate of drug-likeness (QED) is 0.797. The van der Waals surface area contributed by atoms with E-state index in [0.717, 1.165) is 38.5 Å². The Hall–Kier alpha value is -1.08. The number of hydrogen-bond acceptors (Lipinski definition) is 3. The second-order valence-corrected chi connectivity index (χ2v) is 5.89.